The summed E-state index contributed by atoms with van der Waals surface area (Å²) in [5.41, 5.74) is 2.46. The Kier molecular flexibility index (Phi) is 4.55. The zero-order valence-electron chi connectivity index (χ0n) is 8.18. The van der Waals surface area contributed by atoms with E-state index in [1.807, 2.05) is 6.92 Å². The van der Waals surface area contributed by atoms with Gasteiger partial charge in [0.2, 0.25) is 0 Å². The van der Waals surface area contributed by atoms with E-state index in [2.05, 4.69) is 29.1 Å². The second kappa shape index (κ2) is 5.72. The topological polar surface area (TPSA) is 52.9 Å². The molecule has 0 heterocycles. The summed E-state index contributed by atoms with van der Waals surface area (Å²) in [4.78, 5) is 4.43. The molecule has 0 aliphatic carbocycles. The van der Waals surface area contributed by atoms with Gasteiger partial charge in [0.1, 0.15) is 0 Å². The van der Waals surface area contributed by atoms with Crippen molar-refractivity contribution in [1.82, 2.24) is 5.39 Å². The minimum Gasteiger partial charge on any atom is -0.266 e. The molecule has 4 nitrogen and oxygen atoms in total. The highest BCUT2D eigenvalue weighted by Crippen LogP contribution is 2.05. The van der Waals surface area contributed by atoms with E-state index in [1.165, 1.54) is 11.1 Å². The molecule has 4 heteroatoms. The van der Waals surface area contributed by atoms with Crippen molar-refractivity contribution < 1.29 is 15.3 Å². The molecule has 1 aromatic rings. The van der Waals surface area contributed by atoms with Gasteiger partial charge in [0.25, 0.3) is 0 Å². The van der Waals surface area contributed by atoms with E-state index < -0.39 is 0 Å². The van der Waals surface area contributed by atoms with Crippen LogP contribution in [0.15, 0.2) is 24.3 Å². The first-order valence-electron chi connectivity index (χ1n) is 4.55. The smallest absolute Gasteiger partial charge is 0.0739 e. The maximum Gasteiger partial charge on any atom is 0.0739 e. The molecule has 0 aromatic heterocycles. The normalized spacial score (nSPS) is 10.9. The molecular weight excluding hydrogens is 182 g/mol. The molecule has 2 N–H and O–H groups in total. The zero-order valence-corrected chi connectivity index (χ0v) is 8.18. The molecule has 0 spiro atoms. The molecule has 0 radical (unpaired) electrons. The van der Waals surface area contributed by atoms with Crippen LogP contribution in [0.4, 0.5) is 0 Å². The standard InChI is InChI=1S/C10H15NO3/c1-9-4-6-10(7-5-9)3-2-8-14-11(12)13/h4-7,12-13H,2-3,8H2,1H3. The first-order chi connectivity index (χ1) is 6.68. The van der Waals surface area contributed by atoms with E-state index in [0.717, 1.165) is 12.8 Å². The minimum absolute atomic E-state index is 0.255. The second-order valence-electron chi connectivity index (χ2n) is 3.18. The first kappa shape index (κ1) is 11.1. The van der Waals surface area contributed by atoms with Gasteiger partial charge < -0.3 is 0 Å². The van der Waals surface area contributed by atoms with E-state index in [1.54, 1.807) is 0 Å². The van der Waals surface area contributed by atoms with Gasteiger partial charge in [-0.1, -0.05) is 29.8 Å². The monoisotopic (exact) mass is 197 g/mol. The van der Waals surface area contributed by atoms with Crippen LogP contribution in [0.3, 0.4) is 0 Å². The van der Waals surface area contributed by atoms with E-state index in [0.29, 0.717) is 6.61 Å². The largest absolute Gasteiger partial charge is 0.266 e. The summed E-state index contributed by atoms with van der Waals surface area (Å²) in [6.45, 7) is 2.34. The lowest BCUT2D eigenvalue weighted by Crippen LogP contribution is -2.15. The fourth-order valence-corrected chi connectivity index (χ4v) is 1.18. The third-order valence-corrected chi connectivity index (χ3v) is 1.94. The number of rotatable bonds is 5. The molecule has 0 unspecified atom stereocenters. The van der Waals surface area contributed by atoms with Crippen LogP contribution in [0.25, 0.3) is 0 Å². The van der Waals surface area contributed by atoms with Crippen molar-refractivity contribution >= 4 is 0 Å². The van der Waals surface area contributed by atoms with Gasteiger partial charge in [-0.05, 0) is 25.3 Å². The van der Waals surface area contributed by atoms with Gasteiger partial charge in [-0.15, -0.1) is 0 Å². The van der Waals surface area contributed by atoms with Crippen LogP contribution >= 0.6 is 0 Å². The molecule has 0 bridgehead atoms. The van der Waals surface area contributed by atoms with Gasteiger partial charge in [-0.2, -0.15) is 0 Å². The maximum absolute atomic E-state index is 8.25. The van der Waals surface area contributed by atoms with Gasteiger partial charge >= 0.3 is 0 Å². The Hall–Kier alpha value is -0.940. The van der Waals surface area contributed by atoms with E-state index in [9.17, 15) is 0 Å². The minimum atomic E-state index is -0.255. The molecule has 14 heavy (non-hydrogen) atoms. The van der Waals surface area contributed by atoms with Crippen molar-refractivity contribution in [1.29, 1.82) is 0 Å². The van der Waals surface area contributed by atoms with Crippen molar-refractivity contribution in [3.8, 4) is 0 Å². The fourth-order valence-electron chi connectivity index (χ4n) is 1.18. The van der Waals surface area contributed by atoms with Crippen molar-refractivity contribution in [3.05, 3.63) is 35.4 Å². The van der Waals surface area contributed by atoms with Crippen molar-refractivity contribution in [2.75, 3.05) is 6.61 Å². The summed E-state index contributed by atoms with van der Waals surface area (Å²) < 4.78 is 0. The summed E-state index contributed by atoms with van der Waals surface area (Å²) in [7, 11) is 0. The molecule has 0 amide bonds. The number of benzene rings is 1. The van der Waals surface area contributed by atoms with Crippen molar-refractivity contribution in [2.24, 2.45) is 0 Å². The number of hydrogen-bond acceptors (Lipinski definition) is 4. The van der Waals surface area contributed by atoms with Crippen LogP contribution in [-0.4, -0.2) is 22.4 Å². The molecule has 0 aliphatic rings. The lowest BCUT2D eigenvalue weighted by atomic mass is 10.1. The van der Waals surface area contributed by atoms with Crippen molar-refractivity contribution in [3.63, 3.8) is 0 Å². The quantitative estimate of drug-likeness (QED) is 0.559. The van der Waals surface area contributed by atoms with Crippen LogP contribution in [0.2, 0.25) is 0 Å². The van der Waals surface area contributed by atoms with Crippen LogP contribution in [0.5, 0.6) is 0 Å². The van der Waals surface area contributed by atoms with Crippen LogP contribution in [0.1, 0.15) is 17.5 Å². The Morgan fingerprint density at radius 3 is 2.43 bits per heavy atom. The predicted octanol–water partition coefficient (Wildman–Crippen LogP) is 1.94. The third kappa shape index (κ3) is 4.34. The number of nitrogens with zero attached hydrogens (tertiary/aromatic N) is 1. The highest BCUT2D eigenvalue weighted by atomic mass is 17.1. The van der Waals surface area contributed by atoms with E-state index in [4.69, 9.17) is 10.4 Å². The van der Waals surface area contributed by atoms with Gasteiger partial charge in [0, 0.05) is 0 Å². The Morgan fingerprint density at radius 1 is 1.21 bits per heavy atom. The van der Waals surface area contributed by atoms with Gasteiger partial charge in [-0.3, -0.25) is 15.3 Å². The Labute approximate surface area is 83.2 Å². The van der Waals surface area contributed by atoms with Crippen LogP contribution in [0, 0.1) is 6.92 Å². The Bertz CT molecular complexity index is 259. The zero-order chi connectivity index (χ0) is 10.4. The summed E-state index contributed by atoms with van der Waals surface area (Å²) in [5, 5.41) is 16.3. The van der Waals surface area contributed by atoms with E-state index in [-0.39, 0.29) is 5.39 Å². The molecule has 1 rings (SSSR count). The van der Waals surface area contributed by atoms with Crippen LogP contribution in [-0.2, 0) is 11.3 Å². The molecule has 1 aromatic carbocycles. The SMILES string of the molecule is Cc1ccc(CCCON(O)O)cc1. The molecule has 0 fully saturated rings. The lowest BCUT2D eigenvalue weighted by Gasteiger charge is -2.05. The molecule has 0 atom stereocenters. The molecule has 0 aliphatic heterocycles. The lowest BCUT2D eigenvalue weighted by molar-refractivity contribution is -0.492. The molecule has 78 valence electrons. The summed E-state index contributed by atoms with van der Waals surface area (Å²) in [6.07, 6.45) is 1.62. The Morgan fingerprint density at radius 2 is 1.86 bits per heavy atom. The molecular formula is C10H15NO3. The Balaban J connectivity index is 2.21. The predicted molar refractivity (Wildman–Crippen MR) is 50.9 cm³/mol. The highest BCUT2D eigenvalue weighted by molar-refractivity contribution is 5.21. The van der Waals surface area contributed by atoms with Gasteiger partial charge in [0.15, 0.2) is 0 Å². The number of hydrogen-bond donors (Lipinski definition) is 2. The third-order valence-electron chi connectivity index (χ3n) is 1.94. The van der Waals surface area contributed by atoms with Crippen LogP contribution < -0.4 is 0 Å². The maximum atomic E-state index is 8.25. The highest BCUT2D eigenvalue weighted by Gasteiger charge is 1.96. The second-order valence-corrected chi connectivity index (χ2v) is 3.18. The average Bonchev–Trinajstić information content (AvgIpc) is 2.15. The molecule has 0 saturated carbocycles. The molecule has 0 saturated heterocycles. The number of aryl methyl sites for hydroxylation is 2. The summed E-state index contributed by atoms with van der Waals surface area (Å²) >= 11 is 0. The fraction of sp³-hybridized carbons (Fsp3) is 0.400. The first-order valence-corrected chi connectivity index (χ1v) is 4.55. The summed E-state index contributed by atoms with van der Waals surface area (Å²) in [6, 6.07) is 8.23. The average molecular weight is 197 g/mol. The van der Waals surface area contributed by atoms with Gasteiger partial charge in [-0.25, -0.2) is 0 Å². The van der Waals surface area contributed by atoms with Gasteiger partial charge in [0.05, 0.1) is 12.0 Å². The van der Waals surface area contributed by atoms with Crippen molar-refractivity contribution in [2.45, 2.75) is 19.8 Å². The van der Waals surface area contributed by atoms with E-state index >= 15 is 0 Å². The summed E-state index contributed by atoms with van der Waals surface area (Å²) in [5.74, 6) is 0.